The zero-order valence-corrected chi connectivity index (χ0v) is 18.4. The van der Waals surface area contributed by atoms with Crippen LogP contribution in [0.2, 0.25) is 0 Å². The molecule has 2 atom stereocenters. The fourth-order valence-electron chi connectivity index (χ4n) is 4.70. The molecule has 0 saturated heterocycles. The monoisotopic (exact) mass is 417 g/mol. The van der Waals surface area contributed by atoms with Gasteiger partial charge in [0.05, 0.1) is 25.4 Å². The van der Waals surface area contributed by atoms with Crippen molar-refractivity contribution in [1.29, 1.82) is 5.26 Å². The second-order valence-electron chi connectivity index (χ2n) is 8.43. The molecule has 1 aromatic carbocycles. The van der Waals surface area contributed by atoms with Gasteiger partial charge in [0, 0.05) is 17.7 Å². The number of benzene rings is 1. The third kappa shape index (κ3) is 4.14. The number of aryl methyl sites for hydroxylation is 1. The molecule has 6 nitrogen and oxygen atoms in total. The average molecular weight is 418 g/mol. The summed E-state index contributed by atoms with van der Waals surface area (Å²) in [7, 11) is 2.08. The van der Waals surface area contributed by atoms with E-state index >= 15 is 0 Å². The van der Waals surface area contributed by atoms with Crippen LogP contribution in [0, 0.1) is 25.2 Å². The number of amides is 1. The van der Waals surface area contributed by atoms with Crippen molar-refractivity contribution in [2.45, 2.75) is 45.7 Å². The Kier molecular flexibility index (Phi) is 5.97. The van der Waals surface area contributed by atoms with Crippen LogP contribution in [0.5, 0.6) is 0 Å². The SMILES string of the molecule is Cc1c(C#N)c(NC(=O)C[NH+](C)[C@@H]2CCCc3ccccc32)n(Cc2ccco2)c1C. The molecule has 2 aromatic heterocycles. The molecule has 0 spiro atoms. The molecule has 4 rings (SSSR count). The van der Waals surface area contributed by atoms with E-state index in [1.807, 2.05) is 30.5 Å². The lowest BCUT2D eigenvalue weighted by atomic mass is 9.87. The van der Waals surface area contributed by atoms with E-state index in [0.717, 1.165) is 36.3 Å². The van der Waals surface area contributed by atoms with Gasteiger partial charge < -0.3 is 19.2 Å². The number of rotatable bonds is 6. The number of fused-ring (bicyclic) bond motifs is 1. The van der Waals surface area contributed by atoms with Crippen LogP contribution in [-0.4, -0.2) is 24.1 Å². The molecule has 0 aliphatic heterocycles. The van der Waals surface area contributed by atoms with Crippen LogP contribution >= 0.6 is 0 Å². The van der Waals surface area contributed by atoms with Crippen molar-refractivity contribution in [2.24, 2.45) is 0 Å². The van der Waals surface area contributed by atoms with Crippen LogP contribution in [-0.2, 0) is 17.8 Å². The summed E-state index contributed by atoms with van der Waals surface area (Å²) in [5.41, 5.74) is 5.09. The van der Waals surface area contributed by atoms with E-state index in [4.69, 9.17) is 4.42 Å². The largest absolute Gasteiger partial charge is 0.467 e. The first-order chi connectivity index (χ1) is 15.0. The predicted molar refractivity (Wildman–Crippen MR) is 119 cm³/mol. The van der Waals surface area contributed by atoms with Gasteiger partial charge in [0.2, 0.25) is 0 Å². The molecule has 0 bridgehead atoms. The van der Waals surface area contributed by atoms with E-state index in [0.29, 0.717) is 30.5 Å². The highest BCUT2D eigenvalue weighted by Gasteiger charge is 2.29. The summed E-state index contributed by atoms with van der Waals surface area (Å²) >= 11 is 0. The average Bonchev–Trinajstić information content (AvgIpc) is 3.36. The van der Waals surface area contributed by atoms with Gasteiger partial charge in [-0.25, -0.2) is 0 Å². The number of quaternary nitrogens is 1. The number of hydrogen-bond acceptors (Lipinski definition) is 3. The third-order valence-corrected chi connectivity index (χ3v) is 6.50. The molecule has 31 heavy (non-hydrogen) atoms. The van der Waals surface area contributed by atoms with E-state index in [2.05, 4.69) is 42.7 Å². The van der Waals surface area contributed by atoms with Crippen LogP contribution < -0.4 is 10.2 Å². The first kappa shape index (κ1) is 21.0. The molecule has 0 fully saturated rings. The molecule has 160 valence electrons. The van der Waals surface area contributed by atoms with Crippen molar-refractivity contribution < 1.29 is 14.1 Å². The number of hydrogen-bond donors (Lipinski definition) is 2. The molecular weight excluding hydrogens is 388 g/mol. The maximum absolute atomic E-state index is 13.0. The maximum Gasteiger partial charge on any atom is 0.280 e. The predicted octanol–water partition coefficient (Wildman–Crippen LogP) is 3.15. The maximum atomic E-state index is 13.0. The van der Waals surface area contributed by atoms with Crippen molar-refractivity contribution in [3.05, 3.63) is 76.4 Å². The molecular formula is C25H29N4O2+. The lowest BCUT2D eigenvalue weighted by Gasteiger charge is -2.30. The van der Waals surface area contributed by atoms with E-state index in [1.165, 1.54) is 16.0 Å². The number of aromatic nitrogens is 1. The van der Waals surface area contributed by atoms with Crippen LogP contribution in [0.15, 0.2) is 47.1 Å². The fourth-order valence-corrected chi connectivity index (χ4v) is 4.70. The lowest BCUT2D eigenvalue weighted by molar-refractivity contribution is -0.905. The molecule has 2 N–H and O–H groups in total. The molecule has 2 heterocycles. The normalized spacial score (nSPS) is 16.4. The van der Waals surface area contributed by atoms with E-state index < -0.39 is 0 Å². The Bertz CT molecular complexity index is 1120. The van der Waals surface area contributed by atoms with Crippen LogP contribution in [0.3, 0.4) is 0 Å². The number of nitriles is 1. The van der Waals surface area contributed by atoms with Gasteiger partial charge in [-0.2, -0.15) is 5.26 Å². The van der Waals surface area contributed by atoms with E-state index in [9.17, 15) is 10.1 Å². The van der Waals surface area contributed by atoms with Crippen molar-refractivity contribution in [3.8, 4) is 6.07 Å². The summed E-state index contributed by atoms with van der Waals surface area (Å²) in [6.07, 6.45) is 4.96. The standard InChI is InChI=1S/C25H28N4O2/c1-17-18(2)29(15-20-10-7-13-31-20)25(22(17)14-26)27-24(30)16-28(3)23-12-6-9-19-8-4-5-11-21(19)23/h4-5,7-8,10-11,13,23H,6,9,12,15-16H2,1-3H3,(H,27,30)/p+1/t23-/m1/s1. The number of furan rings is 1. The highest BCUT2D eigenvalue weighted by atomic mass is 16.3. The summed E-state index contributed by atoms with van der Waals surface area (Å²) in [4.78, 5) is 14.2. The number of nitrogens with one attached hydrogen (secondary N) is 2. The minimum absolute atomic E-state index is 0.0877. The summed E-state index contributed by atoms with van der Waals surface area (Å²) in [6, 6.07) is 14.9. The van der Waals surface area contributed by atoms with Gasteiger partial charge in [-0.3, -0.25) is 4.79 Å². The Morgan fingerprint density at radius 1 is 1.29 bits per heavy atom. The first-order valence-electron chi connectivity index (χ1n) is 10.8. The Hall–Kier alpha value is -3.30. The van der Waals surface area contributed by atoms with Gasteiger partial charge in [-0.1, -0.05) is 24.3 Å². The molecule has 1 aliphatic carbocycles. The second kappa shape index (κ2) is 8.83. The smallest absolute Gasteiger partial charge is 0.280 e. The Labute approximate surface area is 183 Å². The van der Waals surface area contributed by atoms with Crippen molar-refractivity contribution in [2.75, 3.05) is 18.9 Å². The summed E-state index contributed by atoms with van der Waals surface area (Å²) in [5, 5.41) is 12.8. The highest BCUT2D eigenvalue weighted by Crippen LogP contribution is 2.28. The van der Waals surface area contributed by atoms with E-state index in [1.54, 1.807) is 6.26 Å². The van der Waals surface area contributed by atoms with Crippen molar-refractivity contribution in [1.82, 2.24) is 4.57 Å². The third-order valence-electron chi connectivity index (χ3n) is 6.50. The van der Waals surface area contributed by atoms with Gasteiger partial charge in [0.1, 0.15) is 23.7 Å². The zero-order valence-electron chi connectivity index (χ0n) is 18.4. The topological polar surface area (TPSA) is 75.4 Å². The Morgan fingerprint density at radius 3 is 2.84 bits per heavy atom. The minimum Gasteiger partial charge on any atom is -0.467 e. The van der Waals surface area contributed by atoms with Gasteiger partial charge in [-0.15, -0.1) is 0 Å². The first-order valence-corrected chi connectivity index (χ1v) is 10.8. The van der Waals surface area contributed by atoms with Gasteiger partial charge >= 0.3 is 0 Å². The molecule has 0 saturated carbocycles. The number of likely N-dealkylation sites (N-methyl/N-ethyl adjacent to an activating group) is 1. The lowest BCUT2D eigenvalue weighted by Crippen LogP contribution is -3.10. The number of anilines is 1. The van der Waals surface area contributed by atoms with Gasteiger partial charge in [-0.05, 0) is 49.9 Å². The Morgan fingerprint density at radius 2 is 2.10 bits per heavy atom. The number of nitrogens with zero attached hydrogens (tertiary/aromatic N) is 2. The van der Waals surface area contributed by atoms with Crippen molar-refractivity contribution in [3.63, 3.8) is 0 Å². The summed E-state index contributed by atoms with van der Waals surface area (Å²) in [6.45, 7) is 4.69. The second-order valence-corrected chi connectivity index (χ2v) is 8.43. The molecule has 6 heteroatoms. The van der Waals surface area contributed by atoms with Gasteiger partial charge in [0.25, 0.3) is 5.91 Å². The molecule has 0 radical (unpaired) electrons. The fraction of sp³-hybridized carbons (Fsp3) is 0.360. The molecule has 1 amide bonds. The zero-order chi connectivity index (χ0) is 22.0. The summed E-state index contributed by atoms with van der Waals surface area (Å²) < 4.78 is 7.45. The quantitative estimate of drug-likeness (QED) is 0.647. The number of carbonyl (C=O) groups is 1. The van der Waals surface area contributed by atoms with Crippen molar-refractivity contribution >= 4 is 11.7 Å². The summed E-state index contributed by atoms with van der Waals surface area (Å²) in [5.74, 6) is 1.24. The molecule has 1 unspecified atom stereocenters. The van der Waals surface area contributed by atoms with Gasteiger partial charge in [0.15, 0.2) is 6.54 Å². The van der Waals surface area contributed by atoms with E-state index in [-0.39, 0.29) is 5.91 Å². The van der Waals surface area contributed by atoms with Crippen LogP contribution in [0.25, 0.3) is 0 Å². The van der Waals surface area contributed by atoms with Crippen LogP contribution in [0.1, 0.15) is 52.6 Å². The van der Waals surface area contributed by atoms with Crippen LogP contribution in [0.4, 0.5) is 5.82 Å². The highest BCUT2D eigenvalue weighted by molar-refractivity contribution is 5.92. The molecule has 3 aromatic rings. The Balaban J connectivity index is 1.54. The molecule has 1 aliphatic rings. The minimum atomic E-state index is -0.0877. The number of carbonyl (C=O) groups excluding carboxylic acids is 1.